The molecule has 5 heteroatoms. The third-order valence-corrected chi connectivity index (χ3v) is 3.68. The smallest absolute Gasteiger partial charge is 0.248 e. The number of rotatable bonds is 5. The maximum Gasteiger partial charge on any atom is 0.248 e. The largest absolute Gasteiger partial charge is 0.373 e. The summed E-state index contributed by atoms with van der Waals surface area (Å²) in [7, 11) is 0. The number of halogens is 1. The second-order valence-electron chi connectivity index (χ2n) is 4.95. The van der Waals surface area contributed by atoms with Crippen molar-refractivity contribution < 1.29 is 13.9 Å². The standard InChI is InChI=1S/C14H19FN2O2/c15-12-5-4-9(14(17)18)6-11(12)8-19-13-3-1-2-10(13)7-16/h4-6,10,13H,1-3,7-8,16H2,(H2,17,18). The Kier molecular flexibility index (Phi) is 4.50. The molecule has 0 aliphatic heterocycles. The van der Waals surface area contributed by atoms with Gasteiger partial charge in [-0.2, -0.15) is 0 Å². The summed E-state index contributed by atoms with van der Waals surface area (Å²) in [6.07, 6.45) is 3.20. The summed E-state index contributed by atoms with van der Waals surface area (Å²) in [5.41, 5.74) is 11.5. The third-order valence-electron chi connectivity index (χ3n) is 3.68. The lowest BCUT2D eigenvalue weighted by Gasteiger charge is -2.19. The van der Waals surface area contributed by atoms with Crippen LogP contribution < -0.4 is 11.5 Å². The van der Waals surface area contributed by atoms with Gasteiger partial charge in [0, 0.05) is 11.1 Å². The van der Waals surface area contributed by atoms with Gasteiger partial charge in [0.15, 0.2) is 0 Å². The van der Waals surface area contributed by atoms with E-state index in [0.717, 1.165) is 19.3 Å². The van der Waals surface area contributed by atoms with Crippen LogP contribution in [0.2, 0.25) is 0 Å². The van der Waals surface area contributed by atoms with Crippen LogP contribution in [-0.4, -0.2) is 18.6 Å². The van der Waals surface area contributed by atoms with Crippen LogP contribution in [0.5, 0.6) is 0 Å². The van der Waals surface area contributed by atoms with Gasteiger partial charge in [-0.25, -0.2) is 4.39 Å². The number of ether oxygens (including phenoxy) is 1. The second kappa shape index (κ2) is 6.12. The van der Waals surface area contributed by atoms with Crippen molar-refractivity contribution in [1.82, 2.24) is 0 Å². The Bertz CT molecular complexity index is 465. The first-order chi connectivity index (χ1) is 9.11. The maximum absolute atomic E-state index is 13.6. The van der Waals surface area contributed by atoms with E-state index in [4.69, 9.17) is 16.2 Å². The number of carbonyl (C=O) groups is 1. The highest BCUT2D eigenvalue weighted by Gasteiger charge is 2.26. The molecule has 1 amide bonds. The molecule has 4 N–H and O–H groups in total. The fourth-order valence-corrected chi connectivity index (χ4v) is 2.53. The molecule has 1 fully saturated rings. The molecule has 2 atom stereocenters. The lowest BCUT2D eigenvalue weighted by Crippen LogP contribution is -2.25. The summed E-state index contributed by atoms with van der Waals surface area (Å²) in [6.45, 7) is 0.739. The summed E-state index contributed by atoms with van der Waals surface area (Å²) >= 11 is 0. The van der Waals surface area contributed by atoms with Gasteiger partial charge in [0.25, 0.3) is 0 Å². The minimum absolute atomic E-state index is 0.0848. The van der Waals surface area contributed by atoms with Crippen molar-refractivity contribution >= 4 is 5.91 Å². The molecule has 0 saturated heterocycles. The fraction of sp³-hybridized carbons (Fsp3) is 0.500. The van der Waals surface area contributed by atoms with E-state index in [1.54, 1.807) is 0 Å². The van der Waals surface area contributed by atoms with Crippen molar-refractivity contribution in [3.05, 3.63) is 35.1 Å². The molecular formula is C14H19FN2O2. The Morgan fingerprint density at radius 1 is 1.42 bits per heavy atom. The third kappa shape index (κ3) is 3.30. The second-order valence-corrected chi connectivity index (χ2v) is 4.95. The molecule has 0 radical (unpaired) electrons. The van der Waals surface area contributed by atoms with Crippen molar-refractivity contribution in [3.8, 4) is 0 Å². The molecule has 1 saturated carbocycles. The molecule has 104 valence electrons. The summed E-state index contributed by atoms with van der Waals surface area (Å²) in [5, 5.41) is 0. The molecule has 4 nitrogen and oxygen atoms in total. The predicted molar refractivity (Wildman–Crippen MR) is 69.9 cm³/mol. The Balaban J connectivity index is 2.02. The molecule has 0 aromatic heterocycles. The number of benzene rings is 1. The number of primary amides is 1. The summed E-state index contributed by atoms with van der Waals surface area (Å²) in [5.74, 6) is -0.600. The zero-order valence-corrected chi connectivity index (χ0v) is 10.8. The highest BCUT2D eigenvalue weighted by Crippen LogP contribution is 2.28. The number of hydrogen-bond acceptors (Lipinski definition) is 3. The Morgan fingerprint density at radius 3 is 2.89 bits per heavy atom. The van der Waals surface area contributed by atoms with Crippen LogP contribution in [0.1, 0.15) is 35.2 Å². The summed E-state index contributed by atoms with van der Waals surface area (Å²) in [6, 6.07) is 4.07. The van der Waals surface area contributed by atoms with Crippen molar-refractivity contribution in [1.29, 1.82) is 0 Å². The van der Waals surface area contributed by atoms with E-state index in [1.165, 1.54) is 18.2 Å². The lowest BCUT2D eigenvalue weighted by atomic mass is 10.1. The monoisotopic (exact) mass is 266 g/mol. The number of hydrogen-bond donors (Lipinski definition) is 2. The zero-order valence-electron chi connectivity index (χ0n) is 10.8. The molecule has 0 bridgehead atoms. The van der Waals surface area contributed by atoms with Gasteiger partial charge < -0.3 is 16.2 Å². The lowest BCUT2D eigenvalue weighted by molar-refractivity contribution is 0.0169. The molecule has 0 heterocycles. The number of nitrogens with two attached hydrogens (primary N) is 2. The number of carbonyl (C=O) groups excluding carboxylic acids is 1. The highest BCUT2D eigenvalue weighted by atomic mass is 19.1. The molecule has 1 aromatic rings. The van der Waals surface area contributed by atoms with Crippen LogP contribution in [0.25, 0.3) is 0 Å². The zero-order chi connectivity index (χ0) is 13.8. The van der Waals surface area contributed by atoms with Crippen LogP contribution in [-0.2, 0) is 11.3 Å². The van der Waals surface area contributed by atoms with E-state index in [1.807, 2.05) is 0 Å². The first-order valence-electron chi connectivity index (χ1n) is 6.51. The van der Waals surface area contributed by atoms with E-state index < -0.39 is 5.91 Å². The first-order valence-corrected chi connectivity index (χ1v) is 6.51. The van der Waals surface area contributed by atoms with Gasteiger partial charge in [-0.3, -0.25) is 4.79 Å². The average molecular weight is 266 g/mol. The van der Waals surface area contributed by atoms with Crippen LogP contribution in [0.15, 0.2) is 18.2 Å². The SMILES string of the molecule is NCC1CCCC1OCc1cc(C(N)=O)ccc1F. The van der Waals surface area contributed by atoms with E-state index in [9.17, 15) is 9.18 Å². The van der Waals surface area contributed by atoms with E-state index in [0.29, 0.717) is 23.6 Å². The molecule has 2 rings (SSSR count). The normalized spacial score (nSPS) is 22.6. The Morgan fingerprint density at radius 2 is 2.21 bits per heavy atom. The van der Waals surface area contributed by atoms with Crippen molar-refractivity contribution in [3.63, 3.8) is 0 Å². The Labute approximate surface area is 111 Å². The minimum atomic E-state index is -0.568. The van der Waals surface area contributed by atoms with Crippen LogP contribution in [0, 0.1) is 11.7 Å². The average Bonchev–Trinajstić information content (AvgIpc) is 2.85. The number of amides is 1. The van der Waals surface area contributed by atoms with Gasteiger partial charge in [0.05, 0.1) is 12.7 Å². The van der Waals surface area contributed by atoms with Crippen molar-refractivity contribution in [2.75, 3.05) is 6.54 Å². The maximum atomic E-state index is 13.6. The molecule has 1 aliphatic carbocycles. The van der Waals surface area contributed by atoms with Gasteiger partial charge in [-0.1, -0.05) is 6.42 Å². The van der Waals surface area contributed by atoms with Gasteiger partial charge >= 0.3 is 0 Å². The van der Waals surface area contributed by atoms with E-state index in [-0.39, 0.29) is 18.5 Å². The van der Waals surface area contributed by atoms with E-state index in [2.05, 4.69) is 0 Å². The van der Waals surface area contributed by atoms with Gasteiger partial charge in [0.2, 0.25) is 5.91 Å². The summed E-state index contributed by atoms with van der Waals surface area (Å²) in [4.78, 5) is 11.1. The Hall–Kier alpha value is -1.46. The predicted octanol–water partition coefficient (Wildman–Crippen LogP) is 1.57. The first kappa shape index (κ1) is 14.0. The molecule has 2 unspecified atom stereocenters. The summed E-state index contributed by atoms with van der Waals surface area (Å²) < 4.78 is 19.4. The van der Waals surface area contributed by atoms with Crippen LogP contribution >= 0.6 is 0 Å². The topological polar surface area (TPSA) is 78.3 Å². The van der Waals surface area contributed by atoms with Crippen molar-refractivity contribution in [2.45, 2.75) is 32.0 Å². The van der Waals surface area contributed by atoms with E-state index >= 15 is 0 Å². The molecule has 1 aliphatic rings. The minimum Gasteiger partial charge on any atom is -0.373 e. The van der Waals surface area contributed by atoms with Crippen LogP contribution in [0.4, 0.5) is 4.39 Å². The molecule has 1 aromatic carbocycles. The fourth-order valence-electron chi connectivity index (χ4n) is 2.53. The van der Waals surface area contributed by atoms with Gasteiger partial charge in [-0.05, 0) is 43.5 Å². The molecule has 19 heavy (non-hydrogen) atoms. The molecule has 0 spiro atoms. The van der Waals surface area contributed by atoms with Crippen molar-refractivity contribution in [2.24, 2.45) is 17.4 Å². The quantitative estimate of drug-likeness (QED) is 0.849. The molecular weight excluding hydrogens is 247 g/mol. The van der Waals surface area contributed by atoms with Gasteiger partial charge in [0.1, 0.15) is 5.82 Å². The van der Waals surface area contributed by atoms with Crippen LogP contribution in [0.3, 0.4) is 0 Å². The van der Waals surface area contributed by atoms with Gasteiger partial charge in [-0.15, -0.1) is 0 Å². The highest BCUT2D eigenvalue weighted by molar-refractivity contribution is 5.92.